The Kier molecular flexibility index (Phi) is 3.88. The van der Waals surface area contributed by atoms with Gasteiger partial charge in [0.2, 0.25) is 0 Å². The van der Waals surface area contributed by atoms with Crippen LogP contribution in [-0.2, 0) is 11.3 Å². The van der Waals surface area contributed by atoms with Gasteiger partial charge in [-0.15, -0.1) is 22.7 Å². The van der Waals surface area contributed by atoms with E-state index < -0.39 is 0 Å². The van der Waals surface area contributed by atoms with Crippen molar-refractivity contribution >= 4 is 28.4 Å². The van der Waals surface area contributed by atoms with E-state index in [1.54, 1.807) is 36.0 Å². The zero-order valence-corrected chi connectivity index (χ0v) is 14.2. The summed E-state index contributed by atoms with van der Waals surface area (Å²) >= 11 is 3.38. The van der Waals surface area contributed by atoms with E-state index in [1.165, 1.54) is 4.88 Å². The summed E-state index contributed by atoms with van der Waals surface area (Å²) in [5, 5.41) is 6.10. The lowest BCUT2D eigenvalue weighted by Crippen LogP contribution is -2.10. The van der Waals surface area contributed by atoms with Crippen LogP contribution in [0.3, 0.4) is 0 Å². The lowest BCUT2D eigenvalue weighted by molar-refractivity contribution is 0.212. The van der Waals surface area contributed by atoms with Crippen LogP contribution in [0.2, 0.25) is 0 Å². The van der Waals surface area contributed by atoms with Crippen molar-refractivity contribution in [3.8, 4) is 20.5 Å². The maximum atomic E-state index is 4.95. The molecule has 4 rings (SSSR count). The first-order valence-electron chi connectivity index (χ1n) is 7.32. The molecule has 23 heavy (non-hydrogen) atoms. The molecule has 3 heterocycles. The summed E-state index contributed by atoms with van der Waals surface area (Å²) in [6, 6.07) is 3.94. The van der Waals surface area contributed by atoms with Crippen molar-refractivity contribution in [3.63, 3.8) is 0 Å². The summed E-state index contributed by atoms with van der Waals surface area (Å²) in [5.74, 6) is 0. The monoisotopic (exact) mass is 342 g/mol. The van der Waals surface area contributed by atoms with E-state index in [2.05, 4.69) is 15.1 Å². The smallest absolute Gasteiger partial charge is 0.136 e. The number of oxime groups is 1. The van der Waals surface area contributed by atoms with Crippen LogP contribution in [-0.4, -0.2) is 27.8 Å². The Balaban J connectivity index is 1.70. The SMILES string of the molecule is CON=C1CCCc2sc(-c3cnc(-c4cccnc4)s3)nc21. The van der Waals surface area contributed by atoms with Crippen molar-refractivity contribution in [2.45, 2.75) is 19.3 Å². The molecule has 0 saturated heterocycles. The lowest BCUT2D eigenvalue weighted by atomic mass is 10.0. The molecule has 0 atom stereocenters. The average molecular weight is 342 g/mol. The summed E-state index contributed by atoms with van der Waals surface area (Å²) in [4.78, 5) is 20.8. The van der Waals surface area contributed by atoms with Crippen molar-refractivity contribution in [1.29, 1.82) is 0 Å². The normalized spacial score (nSPS) is 15.6. The van der Waals surface area contributed by atoms with E-state index in [4.69, 9.17) is 9.82 Å². The topological polar surface area (TPSA) is 60.3 Å². The minimum absolute atomic E-state index is 0.924. The molecule has 0 aliphatic heterocycles. The lowest BCUT2D eigenvalue weighted by Gasteiger charge is -2.10. The number of hydrogen-bond acceptors (Lipinski definition) is 7. The third kappa shape index (κ3) is 2.77. The largest absolute Gasteiger partial charge is 0.399 e. The van der Waals surface area contributed by atoms with Gasteiger partial charge in [-0.25, -0.2) is 9.97 Å². The number of pyridine rings is 1. The average Bonchev–Trinajstić information content (AvgIpc) is 3.23. The van der Waals surface area contributed by atoms with E-state index in [1.807, 2.05) is 24.5 Å². The van der Waals surface area contributed by atoms with Gasteiger partial charge in [0.1, 0.15) is 28.5 Å². The van der Waals surface area contributed by atoms with Gasteiger partial charge in [0.25, 0.3) is 0 Å². The van der Waals surface area contributed by atoms with Crippen LogP contribution >= 0.6 is 22.7 Å². The molecule has 3 aromatic heterocycles. The Labute approximate surface area is 141 Å². The van der Waals surface area contributed by atoms with Crippen molar-refractivity contribution in [1.82, 2.24) is 15.0 Å². The number of hydrogen-bond donors (Lipinski definition) is 0. The third-order valence-electron chi connectivity index (χ3n) is 3.61. The quantitative estimate of drug-likeness (QED) is 0.675. The van der Waals surface area contributed by atoms with Gasteiger partial charge in [-0.1, -0.05) is 5.16 Å². The molecular formula is C16H14N4OS2. The number of rotatable bonds is 3. The fourth-order valence-corrected chi connectivity index (χ4v) is 4.65. The van der Waals surface area contributed by atoms with Gasteiger partial charge in [0.05, 0.1) is 4.88 Å². The number of aryl methyl sites for hydroxylation is 1. The summed E-state index contributed by atoms with van der Waals surface area (Å²) in [6.07, 6.45) is 8.57. The third-order valence-corrected chi connectivity index (χ3v) is 5.95. The predicted octanol–water partition coefficient (Wildman–Crippen LogP) is 4.02. The molecule has 0 saturated carbocycles. The van der Waals surface area contributed by atoms with Crippen LogP contribution in [0, 0.1) is 0 Å². The maximum Gasteiger partial charge on any atom is 0.136 e. The Morgan fingerprint density at radius 1 is 1.17 bits per heavy atom. The maximum absolute atomic E-state index is 4.95. The zero-order valence-electron chi connectivity index (χ0n) is 12.5. The van der Waals surface area contributed by atoms with Crippen molar-refractivity contribution in [2.75, 3.05) is 7.11 Å². The van der Waals surface area contributed by atoms with Crippen LogP contribution < -0.4 is 0 Å². The van der Waals surface area contributed by atoms with Crippen LogP contribution in [0.1, 0.15) is 23.4 Å². The predicted molar refractivity (Wildman–Crippen MR) is 92.9 cm³/mol. The number of thiazole rings is 2. The summed E-state index contributed by atoms with van der Waals surface area (Å²) in [7, 11) is 1.58. The highest BCUT2D eigenvalue weighted by Crippen LogP contribution is 2.37. The van der Waals surface area contributed by atoms with Gasteiger partial charge in [0.15, 0.2) is 0 Å². The van der Waals surface area contributed by atoms with E-state index >= 15 is 0 Å². The molecule has 0 aromatic carbocycles. The molecular weight excluding hydrogens is 328 g/mol. The Morgan fingerprint density at radius 3 is 2.96 bits per heavy atom. The van der Waals surface area contributed by atoms with E-state index in [0.717, 1.165) is 51.1 Å². The summed E-state index contributed by atoms with van der Waals surface area (Å²) in [5.41, 5.74) is 2.98. The molecule has 116 valence electrons. The molecule has 7 heteroatoms. The van der Waals surface area contributed by atoms with E-state index in [9.17, 15) is 0 Å². The Bertz CT molecular complexity index is 854. The second-order valence-corrected chi connectivity index (χ2v) is 7.25. The fourth-order valence-electron chi connectivity index (χ4n) is 2.58. The number of fused-ring (bicyclic) bond motifs is 1. The van der Waals surface area contributed by atoms with Gasteiger partial charge >= 0.3 is 0 Å². The van der Waals surface area contributed by atoms with Crippen LogP contribution in [0.5, 0.6) is 0 Å². The zero-order chi connectivity index (χ0) is 15.6. The molecule has 0 radical (unpaired) electrons. The van der Waals surface area contributed by atoms with Crippen molar-refractivity contribution < 1.29 is 4.84 Å². The molecule has 0 fully saturated rings. The van der Waals surface area contributed by atoms with Crippen molar-refractivity contribution in [3.05, 3.63) is 41.3 Å². The molecule has 0 unspecified atom stereocenters. The second kappa shape index (κ2) is 6.17. The highest BCUT2D eigenvalue weighted by molar-refractivity contribution is 7.23. The summed E-state index contributed by atoms with van der Waals surface area (Å²) in [6.45, 7) is 0. The molecule has 0 spiro atoms. The van der Waals surface area contributed by atoms with Crippen molar-refractivity contribution in [2.24, 2.45) is 5.16 Å². The Morgan fingerprint density at radius 2 is 2.13 bits per heavy atom. The molecule has 0 amide bonds. The molecule has 0 N–H and O–H groups in total. The minimum Gasteiger partial charge on any atom is -0.399 e. The van der Waals surface area contributed by atoms with Crippen LogP contribution in [0.15, 0.2) is 35.9 Å². The molecule has 1 aliphatic carbocycles. The van der Waals surface area contributed by atoms with Gasteiger partial charge in [-0.3, -0.25) is 4.98 Å². The molecule has 5 nitrogen and oxygen atoms in total. The standard InChI is InChI=1S/C16H14N4OS2/c1-21-20-11-5-2-6-12-14(11)19-16(22-12)13-9-18-15(23-13)10-4-3-7-17-8-10/h3-4,7-9H,2,5-6H2,1H3. The second-order valence-electron chi connectivity index (χ2n) is 5.14. The van der Waals surface area contributed by atoms with Gasteiger partial charge in [0, 0.05) is 29.0 Å². The number of aromatic nitrogens is 3. The first-order chi connectivity index (χ1) is 11.3. The Hall–Kier alpha value is -2.12. The minimum atomic E-state index is 0.924. The highest BCUT2D eigenvalue weighted by Gasteiger charge is 2.23. The first kappa shape index (κ1) is 14.5. The fraction of sp³-hybridized carbons (Fsp3) is 0.250. The molecule has 1 aliphatic rings. The molecule has 3 aromatic rings. The van der Waals surface area contributed by atoms with Gasteiger partial charge in [-0.05, 0) is 31.4 Å². The molecule has 0 bridgehead atoms. The van der Waals surface area contributed by atoms with Crippen LogP contribution in [0.4, 0.5) is 0 Å². The van der Waals surface area contributed by atoms with Gasteiger partial charge in [-0.2, -0.15) is 0 Å². The first-order valence-corrected chi connectivity index (χ1v) is 8.95. The number of nitrogens with zero attached hydrogens (tertiary/aromatic N) is 4. The van der Waals surface area contributed by atoms with E-state index in [-0.39, 0.29) is 0 Å². The summed E-state index contributed by atoms with van der Waals surface area (Å²) < 4.78 is 0. The highest BCUT2D eigenvalue weighted by atomic mass is 32.1. The van der Waals surface area contributed by atoms with Crippen LogP contribution in [0.25, 0.3) is 20.5 Å². The van der Waals surface area contributed by atoms with Gasteiger partial charge < -0.3 is 4.84 Å². The van der Waals surface area contributed by atoms with E-state index in [0.29, 0.717) is 0 Å².